The number of nitrogens with one attached hydrogen (secondary N) is 1. The lowest BCUT2D eigenvalue weighted by atomic mass is 10.3. The molecule has 1 atom stereocenters. The first-order chi connectivity index (χ1) is 8.31. The number of hydrogen-bond donors (Lipinski definition) is 1. The van der Waals surface area contributed by atoms with E-state index in [1.807, 2.05) is 42.5 Å². The molecular formula is C13H13NO2S. The van der Waals surface area contributed by atoms with Crippen molar-refractivity contribution in [2.45, 2.75) is 4.90 Å². The summed E-state index contributed by atoms with van der Waals surface area (Å²) in [6, 6.07) is 16.7. The summed E-state index contributed by atoms with van der Waals surface area (Å²) in [4.78, 5) is 0.638. The summed E-state index contributed by atoms with van der Waals surface area (Å²) >= 11 is 0. The van der Waals surface area contributed by atoms with Gasteiger partial charge in [-0.1, -0.05) is 30.3 Å². The second-order valence-corrected chi connectivity index (χ2v) is 4.57. The van der Waals surface area contributed by atoms with Crippen molar-refractivity contribution < 1.29 is 8.95 Å². The fourth-order valence-corrected chi connectivity index (χ4v) is 2.44. The molecule has 1 N–H and O–H groups in total. The molecule has 0 amide bonds. The van der Waals surface area contributed by atoms with Crippen molar-refractivity contribution >= 4 is 16.7 Å². The van der Waals surface area contributed by atoms with Gasteiger partial charge in [-0.3, -0.25) is 0 Å². The number of rotatable bonds is 4. The van der Waals surface area contributed by atoms with E-state index in [0.717, 1.165) is 5.69 Å². The summed E-state index contributed by atoms with van der Waals surface area (Å²) in [5, 5.41) is 0. The second-order valence-electron chi connectivity index (χ2n) is 3.39. The molecule has 0 bridgehead atoms. The van der Waals surface area contributed by atoms with Crippen LogP contribution in [0.4, 0.5) is 5.69 Å². The highest BCUT2D eigenvalue weighted by Crippen LogP contribution is 2.22. The zero-order valence-electron chi connectivity index (χ0n) is 9.42. The van der Waals surface area contributed by atoms with Crippen LogP contribution in [-0.2, 0) is 11.0 Å². The number of para-hydroxylation sites is 2. The quantitative estimate of drug-likeness (QED) is 0.902. The third-order valence-corrected chi connectivity index (χ3v) is 3.41. The molecule has 1 unspecified atom stereocenters. The summed E-state index contributed by atoms with van der Waals surface area (Å²) < 4.78 is 20.2. The maximum atomic E-state index is 12.1. The van der Waals surface area contributed by atoms with Crippen molar-refractivity contribution in [3.8, 4) is 5.75 Å². The summed E-state index contributed by atoms with van der Waals surface area (Å²) in [6.45, 7) is 0. The Morgan fingerprint density at radius 2 is 1.65 bits per heavy atom. The minimum Gasteiger partial charge on any atom is -0.495 e. The van der Waals surface area contributed by atoms with Gasteiger partial charge in [-0.15, -0.1) is 0 Å². The highest BCUT2D eigenvalue weighted by molar-refractivity contribution is 7.86. The van der Waals surface area contributed by atoms with E-state index in [4.69, 9.17) is 4.74 Å². The maximum absolute atomic E-state index is 12.1. The average molecular weight is 247 g/mol. The number of ether oxygens (including phenoxy) is 1. The summed E-state index contributed by atoms with van der Waals surface area (Å²) in [6.07, 6.45) is 0. The van der Waals surface area contributed by atoms with Crippen LogP contribution >= 0.6 is 0 Å². The van der Waals surface area contributed by atoms with E-state index in [0.29, 0.717) is 10.6 Å². The molecule has 0 radical (unpaired) electrons. The van der Waals surface area contributed by atoms with Gasteiger partial charge in [0.25, 0.3) is 0 Å². The highest BCUT2D eigenvalue weighted by Gasteiger charge is 2.09. The lowest BCUT2D eigenvalue weighted by Crippen LogP contribution is -2.06. The molecule has 0 heterocycles. The molecular weight excluding hydrogens is 234 g/mol. The number of methoxy groups -OCH3 is 1. The van der Waals surface area contributed by atoms with Crippen LogP contribution in [0.3, 0.4) is 0 Å². The Morgan fingerprint density at radius 1 is 1.00 bits per heavy atom. The first kappa shape index (κ1) is 11.7. The Morgan fingerprint density at radius 3 is 2.35 bits per heavy atom. The van der Waals surface area contributed by atoms with Crippen molar-refractivity contribution in [1.82, 2.24) is 0 Å². The smallest absolute Gasteiger partial charge is 0.154 e. The molecule has 88 valence electrons. The Bertz CT molecular complexity index is 514. The molecule has 3 nitrogen and oxygen atoms in total. The van der Waals surface area contributed by atoms with Crippen LogP contribution in [0, 0.1) is 0 Å². The normalized spacial score (nSPS) is 11.8. The monoisotopic (exact) mass is 247 g/mol. The molecule has 17 heavy (non-hydrogen) atoms. The maximum Gasteiger partial charge on any atom is 0.154 e. The topological polar surface area (TPSA) is 38.3 Å². The third-order valence-electron chi connectivity index (χ3n) is 2.25. The summed E-state index contributed by atoms with van der Waals surface area (Å²) in [7, 11) is 0.247. The molecule has 0 aliphatic rings. The van der Waals surface area contributed by atoms with E-state index in [-0.39, 0.29) is 0 Å². The Hall–Kier alpha value is -1.81. The van der Waals surface area contributed by atoms with E-state index in [9.17, 15) is 4.21 Å². The average Bonchev–Trinajstić information content (AvgIpc) is 2.40. The van der Waals surface area contributed by atoms with Gasteiger partial charge in [-0.05, 0) is 24.3 Å². The fraction of sp³-hybridized carbons (Fsp3) is 0.0769. The predicted octanol–water partition coefficient (Wildman–Crippen LogP) is 2.83. The van der Waals surface area contributed by atoms with Crippen LogP contribution in [-0.4, -0.2) is 11.3 Å². The molecule has 2 aromatic carbocycles. The van der Waals surface area contributed by atoms with E-state index in [1.54, 1.807) is 19.2 Å². The molecule has 0 aliphatic carbocycles. The third kappa shape index (κ3) is 2.85. The number of benzene rings is 2. The van der Waals surface area contributed by atoms with Crippen LogP contribution in [0.25, 0.3) is 0 Å². The van der Waals surface area contributed by atoms with Crippen molar-refractivity contribution in [3.05, 3.63) is 54.6 Å². The Labute approximate surface area is 103 Å². The molecule has 0 saturated carbocycles. The molecule has 2 rings (SSSR count). The predicted molar refractivity (Wildman–Crippen MR) is 69.5 cm³/mol. The van der Waals surface area contributed by atoms with Gasteiger partial charge in [0.1, 0.15) is 10.6 Å². The minimum absolute atomic E-state index is 0.620. The molecule has 0 spiro atoms. The van der Waals surface area contributed by atoms with Gasteiger partial charge in [0.05, 0.1) is 7.11 Å². The largest absolute Gasteiger partial charge is 0.495 e. The molecule has 0 saturated heterocycles. The Balaban J connectivity index is 2.20. The van der Waals surface area contributed by atoms with Gasteiger partial charge >= 0.3 is 0 Å². The summed E-state index contributed by atoms with van der Waals surface area (Å²) in [5.74, 6) is 0.620. The van der Waals surface area contributed by atoms with Gasteiger partial charge in [0, 0.05) is 5.69 Å². The lowest BCUT2D eigenvalue weighted by Gasteiger charge is -2.09. The first-order valence-electron chi connectivity index (χ1n) is 5.18. The van der Waals surface area contributed by atoms with Crippen molar-refractivity contribution in [1.29, 1.82) is 0 Å². The van der Waals surface area contributed by atoms with E-state index >= 15 is 0 Å². The van der Waals surface area contributed by atoms with Gasteiger partial charge in [0.15, 0.2) is 11.0 Å². The van der Waals surface area contributed by atoms with Gasteiger partial charge in [0.2, 0.25) is 0 Å². The van der Waals surface area contributed by atoms with Crippen molar-refractivity contribution in [3.63, 3.8) is 0 Å². The molecule has 0 fully saturated rings. The molecule has 2 aromatic rings. The minimum atomic E-state index is -1.32. The number of anilines is 1. The van der Waals surface area contributed by atoms with Crippen LogP contribution < -0.4 is 9.46 Å². The van der Waals surface area contributed by atoms with Crippen LogP contribution in [0.15, 0.2) is 59.5 Å². The van der Waals surface area contributed by atoms with Crippen molar-refractivity contribution in [2.75, 3.05) is 11.8 Å². The van der Waals surface area contributed by atoms with Crippen LogP contribution in [0.5, 0.6) is 5.75 Å². The fourth-order valence-electron chi connectivity index (χ4n) is 1.44. The zero-order valence-corrected chi connectivity index (χ0v) is 10.2. The molecule has 0 aliphatic heterocycles. The van der Waals surface area contributed by atoms with E-state index in [2.05, 4.69) is 4.72 Å². The lowest BCUT2D eigenvalue weighted by molar-refractivity contribution is 0.404. The van der Waals surface area contributed by atoms with Crippen LogP contribution in [0.1, 0.15) is 0 Å². The first-order valence-corrected chi connectivity index (χ1v) is 6.33. The molecule has 4 heteroatoms. The SMILES string of the molecule is COc1ccccc1S(=O)Nc1ccccc1. The number of hydrogen-bond acceptors (Lipinski definition) is 2. The Kier molecular flexibility index (Phi) is 3.77. The van der Waals surface area contributed by atoms with Gasteiger partial charge < -0.3 is 9.46 Å². The summed E-state index contributed by atoms with van der Waals surface area (Å²) in [5.41, 5.74) is 0.816. The standard InChI is InChI=1S/C13H13NO2S/c1-16-12-9-5-6-10-13(12)17(15)14-11-7-3-2-4-8-11/h2-10,14H,1H3. The molecule has 0 aromatic heterocycles. The van der Waals surface area contributed by atoms with Crippen LogP contribution in [0.2, 0.25) is 0 Å². The van der Waals surface area contributed by atoms with E-state index in [1.165, 1.54) is 0 Å². The van der Waals surface area contributed by atoms with Crippen molar-refractivity contribution in [2.24, 2.45) is 0 Å². The second kappa shape index (κ2) is 5.50. The van der Waals surface area contributed by atoms with Gasteiger partial charge in [-0.2, -0.15) is 0 Å². The van der Waals surface area contributed by atoms with Gasteiger partial charge in [-0.25, -0.2) is 4.21 Å². The zero-order chi connectivity index (χ0) is 12.1. The van der Waals surface area contributed by atoms with E-state index < -0.39 is 11.0 Å². The highest BCUT2D eigenvalue weighted by atomic mass is 32.2.